The largest absolute Gasteiger partial charge is 0.393 e. The number of hydrogen-bond donors (Lipinski definition) is 2. The van der Waals surface area contributed by atoms with Crippen LogP contribution in [0.2, 0.25) is 0 Å². The van der Waals surface area contributed by atoms with E-state index in [0.29, 0.717) is 5.92 Å². The first-order valence-electron chi connectivity index (χ1n) is 9.04. The maximum Gasteiger partial charge on any atom is 0.253 e. The van der Waals surface area contributed by atoms with Gasteiger partial charge < -0.3 is 15.0 Å². The third-order valence-corrected chi connectivity index (χ3v) is 5.37. The first-order valence-corrected chi connectivity index (χ1v) is 9.04. The molecule has 1 fully saturated rings. The highest BCUT2D eigenvalue weighted by Crippen LogP contribution is 2.32. The molecule has 0 aromatic carbocycles. The van der Waals surface area contributed by atoms with Crippen molar-refractivity contribution in [3.8, 4) is 0 Å². The number of hydrogen-bond acceptors (Lipinski definition) is 3. The number of nitrogens with zero attached hydrogens (tertiary/aromatic N) is 2. The van der Waals surface area contributed by atoms with Gasteiger partial charge in [0, 0.05) is 36.4 Å². The Kier molecular flexibility index (Phi) is 5.23. The topological polar surface area (TPSA) is 67.2 Å². The van der Waals surface area contributed by atoms with Crippen LogP contribution in [0.5, 0.6) is 0 Å². The van der Waals surface area contributed by atoms with Crippen LogP contribution >= 0.6 is 0 Å². The third kappa shape index (κ3) is 3.76. The Hall–Kier alpha value is -2.14. The second-order valence-electron chi connectivity index (χ2n) is 7.05. The van der Waals surface area contributed by atoms with E-state index >= 15 is 0 Å². The van der Waals surface area contributed by atoms with Gasteiger partial charge in [0.15, 0.2) is 0 Å². The number of aromatic nitrogens is 2. The average molecular weight is 341 g/mol. The summed E-state index contributed by atoms with van der Waals surface area (Å²) in [6.45, 7) is 6.98. The van der Waals surface area contributed by atoms with Crippen LogP contribution in [-0.2, 0) is 13.0 Å². The molecule has 1 aliphatic carbocycles. The van der Waals surface area contributed by atoms with E-state index in [2.05, 4.69) is 21.8 Å². The van der Waals surface area contributed by atoms with Gasteiger partial charge in [-0.2, -0.15) is 0 Å². The van der Waals surface area contributed by atoms with Gasteiger partial charge in [0.05, 0.1) is 11.7 Å². The molecule has 1 amide bonds. The second kappa shape index (κ2) is 7.40. The lowest BCUT2D eigenvalue weighted by Crippen LogP contribution is -2.48. The van der Waals surface area contributed by atoms with Crippen molar-refractivity contribution >= 4 is 5.91 Å². The minimum absolute atomic E-state index is 0.0201. The van der Waals surface area contributed by atoms with Crippen molar-refractivity contribution in [2.45, 2.75) is 58.7 Å². The zero-order valence-corrected chi connectivity index (χ0v) is 15.2. The molecule has 1 atom stereocenters. The van der Waals surface area contributed by atoms with Crippen LogP contribution in [0.3, 0.4) is 0 Å². The summed E-state index contributed by atoms with van der Waals surface area (Å²) in [5.74, 6) is 0.301. The lowest BCUT2D eigenvalue weighted by Gasteiger charge is -2.38. The third-order valence-electron chi connectivity index (χ3n) is 5.37. The fraction of sp³-hybridized carbons (Fsp3) is 0.500. The maximum absolute atomic E-state index is 12.9. The van der Waals surface area contributed by atoms with Gasteiger partial charge in [-0.3, -0.25) is 9.78 Å². The number of pyridine rings is 1. The Labute approximate surface area is 149 Å². The van der Waals surface area contributed by atoms with Gasteiger partial charge in [-0.1, -0.05) is 0 Å². The van der Waals surface area contributed by atoms with Crippen LogP contribution in [-0.4, -0.2) is 32.7 Å². The number of carbonyl (C=O) groups excluding carboxylic acids is 1. The predicted octanol–water partition coefficient (Wildman–Crippen LogP) is 2.63. The van der Waals surface area contributed by atoms with Crippen molar-refractivity contribution in [2.75, 3.05) is 0 Å². The Morgan fingerprint density at radius 1 is 1.36 bits per heavy atom. The van der Waals surface area contributed by atoms with Crippen molar-refractivity contribution in [3.63, 3.8) is 0 Å². The van der Waals surface area contributed by atoms with Crippen LogP contribution in [0.1, 0.15) is 47.1 Å². The van der Waals surface area contributed by atoms with E-state index in [1.165, 1.54) is 0 Å². The molecule has 2 aromatic rings. The van der Waals surface area contributed by atoms with Gasteiger partial charge in [0.25, 0.3) is 5.91 Å². The molecule has 2 heterocycles. The molecular formula is C20H27N3O2. The molecule has 5 nitrogen and oxygen atoms in total. The first kappa shape index (κ1) is 17.7. The van der Waals surface area contributed by atoms with Gasteiger partial charge in [-0.25, -0.2) is 0 Å². The predicted molar refractivity (Wildman–Crippen MR) is 97.5 cm³/mol. The van der Waals surface area contributed by atoms with Gasteiger partial charge in [-0.05, 0) is 69.7 Å². The number of aliphatic hydroxyl groups excluding tert-OH is 1. The molecule has 3 rings (SSSR count). The monoisotopic (exact) mass is 341 g/mol. The standard InChI is InChI=1S/C20H27N3O2/c1-4-23-13(2)9-18(14(23)3)20(25)22-19(16-11-17(24)12-16)10-15-5-7-21-8-6-15/h5-9,16-17,19,24H,4,10-12H2,1-3H3,(H,22,25). The first-order chi connectivity index (χ1) is 12.0. The molecule has 0 radical (unpaired) electrons. The SMILES string of the molecule is CCn1c(C)cc(C(=O)NC(Cc2ccncc2)C2CC(O)C2)c1C. The van der Waals surface area contributed by atoms with Crippen molar-refractivity contribution in [2.24, 2.45) is 5.92 Å². The van der Waals surface area contributed by atoms with Gasteiger partial charge in [-0.15, -0.1) is 0 Å². The summed E-state index contributed by atoms with van der Waals surface area (Å²) >= 11 is 0. The molecule has 2 N–H and O–H groups in total. The summed E-state index contributed by atoms with van der Waals surface area (Å²) in [6.07, 6.45) is 5.59. The van der Waals surface area contributed by atoms with Gasteiger partial charge >= 0.3 is 0 Å². The van der Waals surface area contributed by atoms with Crippen molar-refractivity contribution in [1.82, 2.24) is 14.9 Å². The number of aryl methyl sites for hydroxylation is 1. The Morgan fingerprint density at radius 3 is 2.60 bits per heavy atom. The zero-order valence-electron chi connectivity index (χ0n) is 15.2. The van der Waals surface area contributed by atoms with E-state index in [1.807, 2.05) is 32.0 Å². The molecule has 0 spiro atoms. The number of rotatable bonds is 6. The highest BCUT2D eigenvalue weighted by atomic mass is 16.3. The smallest absolute Gasteiger partial charge is 0.253 e. The summed E-state index contributed by atoms with van der Waals surface area (Å²) in [7, 11) is 0. The molecule has 0 saturated heterocycles. The zero-order chi connectivity index (χ0) is 18.0. The normalized spacial score (nSPS) is 20.8. The quantitative estimate of drug-likeness (QED) is 0.849. The lowest BCUT2D eigenvalue weighted by molar-refractivity contribution is 0.0239. The molecule has 1 saturated carbocycles. The molecule has 25 heavy (non-hydrogen) atoms. The molecule has 1 aliphatic rings. The van der Waals surface area contributed by atoms with Gasteiger partial charge in [0.2, 0.25) is 0 Å². The number of amides is 1. The lowest BCUT2D eigenvalue weighted by atomic mass is 9.75. The fourth-order valence-electron chi connectivity index (χ4n) is 3.83. The summed E-state index contributed by atoms with van der Waals surface area (Å²) in [4.78, 5) is 16.9. The minimum Gasteiger partial charge on any atom is -0.393 e. The molecule has 5 heteroatoms. The molecule has 2 aromatic heterocycles. The van der Waals surface area contributed by atoms with Crippen LogP contribution in [0.25, 0.3) is 0 Å². The summed E-state index contributed by atoms with van der Waals surface area (Å²) in [5.41, 5.74) is 4.02. The van der Waals surface area contributed by atoms with E-state index in [9.17, 15) is 9.90 Å². The maximum atomic E-state index is 12.9. The van der Waals surface area contributed by atoms with Crippen molar-refractivity contribution < 1.29 is 9.90 Å². The highest BCUT2D eigenvalue weighted by molar-refractivity contribution is 5.96. The second-order valence-corrected chi connectivity index (χ2v) is 7.05. The Bertz CT molecular complexity index is 733. The van der Waals surface area contributed by atoms with Crippen LogP contribution < -0.4 is 5.32 Å². The van der Waals surface area contributed by atoms with E-state index in [-0.39, 0.29) is 18.1 Å². The van der Waals surface area contributed by atoms with E-state index in [1.54, 1.807) is 12.4 Å². The van der Waals surface area contributed by atoms with Gasteiger partial charge in [0.1, 0.15) is 0 Å². The molecule has 0 bridgehead atoms. The summed E-state index contributed by atoms with van der Waals surface area (Å²) < 4.78 is 2.15. The highest BCUT2D eigenvalue weighted by Gasteiger charge is 2.35. The molecule has 1 unspecified atom stereocenters. The summed E-state index contributed by atoms with van der Waals surface area (Å²) in [5, 5.41) is 12.9. The minimum atomic E-state index is -0.230. The Morgan fingerprint density at radius 2 is 2.04 bits per heavy atom. The van der Waals surface area contributed by atoms with Crippen LogP contribution in [0.15, 0.2) is 30.6 Å². The van der Waals surface area contributed by atoms with Crippen molar-refractivity contribution in [3.05, 3.63) is 53.1 Å². The van der Waals surface area contributed by atoms with E-state index in [0.717, 1.165) is 48.3 Å². The Balaban J connectivity index is 1.76. The van der Waals surface area contributed by atoms with E-state index < -0.39 is 0 Å². The number of nitrogens with one attached hydrogen (secondary N) is 1. The van der Waals surface area contributed by atoms with Crippen molar-refractivity contribution in [1.29, 1.82) is 0 Å². The van der Waals surface area contributed by atoms with E-state index in [4.69, 9.17) is 0 Å². The fourth-order valence-corrected chi connectivity index (χ4v) is 3.83. The molecule has 0 aliphatic heterocycles. The van der Waals surface area contributed by atoms with Crippen LogP contribution in [0, 0.1) is 19.8 Å². The average Bonchev–Trinajstić information content (AvgIpc) is 2.86. The van der Waals surface area contributed by atoms with Crippen LogP contribution in [0.4, 0.5) is 0 Å². The number of carbonyl (C=O) groups is 1. The number of aliphatic hydroxyl groups is 1. The molecule has 134 valence electrons. The summed E-state index contributed by atoms with van der Waals surface area (Å²) in [6, 6.07) is 5.96. The molecular weight excluding hydrogens is 314 g/mol.